The van der Waals surface area contributed by atoms with Gasteiger partial charge < -0.3 is 20.5 Å². The van der Waals surface area contributed by atoms with E-state index in [1.54, 1.807) is 0 Å². The Balaban J connectivity index is 2.59. The number of hydrogen-bond donors (Lipinski definition) is 2. The second-order valence-corrected chi connectivity index (χ2v) is 3.89. The maximum absolute atomic E-state index is 10.8. The van der Waals surface area contributed by atoms with Gasteiger partial charge in [0.05, 0.1) is 12.2 Å². The van der Waals surface area contributed by atoms with E-state index < -0.39 is 5.97 Å². The first-order valence-corrected chi connectivity index (χ1v) is 5.27. The van der Waals surface area contributed by atoms with Crippen LogP contribution in [0, 0.1) is 0 Å². The summed E-state index contributed by atoms with van der Waals surface area (Å²) in [5, 5.41) is 8.86. The Bertz CT molecular complexity index is 394. The molecule has 0 aliphatic heterocycles. The van der Waals surface area contributed by atoms with Crippen LogP contribution in [0.25, 0.3) is 0 Å². The third-order valence-electron chi connectivity index (χ3n) is 2.17. The van der Waals surface area contributed by atoms with E-state index in [0.717, 1.165) is 13.0 Å². The van der Waals surface area contributed by atoms with E-state index in [2.05, 4.69) is 4.98 Å². The van der Waals surface area contributed by atoms with E-state index >= 15 is 0 Å². The molecule has 1 rings (SSSR count). The molecule has 17 heavy (non-hydrogen) atoms. The highest BCUT2D eigenvalue weighted by Crippen LogP contribution is 2.22. The van der Waals surface area contributed by atoms with Crippen molar-refractivity contribution in [1.82, 2.24) is 9.88 Å². The van der Waals surface area contributed by atoms with Crippen LogP contribution in [-0.4, -0.2) is 48.2 Å². The maximum atomic E-state index is 10.8. The quantitative estimate of drug-likeness (QED) is 0.710. The molecule has 0 aliphatic carbocycles. The van der Waals surface area contributed by atoms with Crippen LogP contribution < -0.4 is 10.5 Å². The largest absolute Gasteiger partial charge is 0.478 e. The van der Waals surface area contributed by atoms with E-state index in [1.807, 2.05) is 19.0 Å². The first-order valence-electron chi connectivity index (χ1n) is 5.27. The Labute approximate surface area is 100 Å². The molecule has 0 saturated heterocycles. The van der Waals surface area contributed by atoms with Gasteiger partial charge in [-0.3, -0.25) is 0 Å². The van der Waals surface area contributed by atoms with Crippen LogP contribution in [0.4, 0.5) is 5.69 Å². The highest BCUT2D eigenvalue weighted by molar-refractivity contribution is 5.94. The molecule has 0 fully saturated rings. The van der Waals surface area contributed by atoms with Gasteiger partial charge >= 0.3 is 5.97 Å². The number of ether oxygens (including phenoxy) is 1. The van der Waals surface area contributed by atoms with E-state index in [9.17, 15) is 4.79 Å². The third-order valence-corrected chi connectivity index (χ3v) is 2.17. The molecular weight excluding hydrogens is 222 g/mol. The van der Waals surface area contributed by atoms with Crippen LogP contribution in [-0.2, 0) is 0 Å². The molecule has 0 atom stereocenters. The van der Waals surface area contributed by atoms with Gasteiger partial charge in [0.1, 0.15) is 5.69 Å². The van der Waals surface area contributed by atoms with E-state index in [-0.39, 0.29) is 17.1 Å². The standard InChI is InChI=1S/C11H17N3O3/c1-14(2)6-3-7-17-10-9(12)8(11(15)16)4-5-13-10/h4-5H,3,6-7,12H2,1-2H3,(H,15,16). The van der Waals surface area contributed by atoms with Gasteiger partial charge in [-0.05, 0) is 26.6 Å². The lowest BCUT2D eigenvalue weighted by atomic mass is 10.2. The highest BCUT2D eigenvalue weighted by atomic mass is 16.5. The van der Waals surface area contributed by atoms with Gasteiger partial charge in [-0.25, -0.2) is 9.78 Å². The van der Waals surface area contributed by atoms with Crippen molar-refractivity contribution in [3.63, 3.8) is 0 Å². The summed E-state index contributed by atoms with van der Waals surface area (Å²) >= 11 is 0. The topological polar surface area (TPSA) is 88.7 Å². The molecule has 6 heteroatoms. The first kappa shape index (κ1) is 13.2. The minimum atomic E-state index is -1.08. The molecule has 0 spiro atoms. The number of aromatic carboxylic acids is 1. The number of hydrogen-bond acceptors (Lipinski definition) is 5. The maximum Gasteiger partial charge on any atom is 0.338 e. The summed E-state index contributed by atoms with van der Waals surface area (Å²) in [4.78, 5) is 16.8. The summed E-state index contributed by atoms with van der Waals surface area (Å²) in [6.45, 7) is 1.34. The molecule has 0 aromatic carbocycles. The fourth-order valence-electron chi connectivity index (χ4n) is 1.31. The average Bonchev–Trinajstić information content (AvgIpc) is 2.25. The van der Waals surface area contributed by atoms with Gasteiger partial charge in [-0.15, -0.1) is 0 Å². The molecule has 0 amide bonds. The number of carboxylic acids is 1. The number of nitrogen functional groups attached to an aromatic ring is 1. The summed E-state index contributed by atoms with van der Waals surface area (Å²) in [7, 11) is 3.94. The van der Waals surface area contributed by atoms with Gasteiger partial charge in [0.25, 0.3) is 0 Å². The van der Waals surface area contributed by atoms with E-state index in [1.165, 1.54) is 12.3 Å². The Kier molecular flexibility index (Phi) is 4.71. The molecule has 0 saturated carbocycles. The summed E-state index contributed by atoms with van der Waals surface area (Å²) in [5.41, 5.74) is 5.74. The summed E-state index contributed by atoms with van der Waals surface area (Å²) in [5.74, 6) is -0.897. The summed E-state index contributed by atoms with van der Waals surface area (Å²) in [6, 6.07) is 1.35. The average molecular weight is 239 g/mol. The van der Waals surface area contributed by atoms with E-state index in [4.69, 9.17) is 15.6 Å². The van der Waals surface area contributed by atoms with Crippen LogP contribution in [0.1, 0.15) is 16.8 Å². The normalized spacial score (nSPS) is 10.5. The summed E-state index contributed by atoms with van der Waals surface area (Å²) < 4.78 is 5.35. The monoisotopic (exact) mass is 239 g/mol. The zero-order chi connectivity index (χ0) is 12.8. The number of nitrogens with zero attached hydrogens (tertiary/aromatic N) is 2. The second kappa shape index (κ2) is 6.05. The van der Waals surface area contributed by atoms with Gasteiger partial charge in [-0.2, -0.15) is 0 Å². The number of carboxylic acid groups (broad SMARTS) is 1. The number of nitrogens with two attached hydrogens (primary N) is 1. The van der Waals surface area contributed by atoms with Gasteiger partial charge in [0.15, 0.2) is 0 Å². The van der Waals surface area contributed by atoms with Crippen LogP contribution in [0.15, 0.2) is 12.3 Å². The smallest absolute Gasteiger partial charge is 0.338 e. The Hall–Kier alpha value is -1.82. The van der Waals surface area contributed by atoms with Gasteiger partial charge in [0.2, 0.25) is 5.88 Å². The van der Waals surface area contributed by atoms with Gasteiger partial charge in [-0.1, -0.05) is 0 Å². The van der Waals surface area contributed by atoms with Crippen molar-refractivity contribution >= 4 is 11.7 Å². The van der Waals surface area contributed by atoms with Crippen molar-refractivity contribution in [3.05, 3.63) is 17.8 Å². The van der Waals surface area contributed by atoms with Crippen molar-refractivity contribution in [2.45, 2.75) is 6.42 Å². The van der Waals surface area contributed by atoms with Crippen LogP contribution >= 0.6 is 0 Å². The zero-order valence-corrected chi connectivity index (χ0v) is 10.0. The van der Waals surface area contributed by atoms with E-state index in [0.29, 0.717) is 6.61 Å². The lowest BCUT2D eigenvalue weighted by molar-refractivity contribution is 0.0697. The molecule has 3 N–H and O–H groups in total. The number of rotatable bonds is 6. The van der Waals surface area contributed by atoms with Crippen molar-refractivity contribution < 1.29 is 14.6 Å². The van der Waals surface area contributed by atoms with Crippen molar-refractivity contribution in [2.75, 3.05) is 33.0 Å². The first-order chi connectivity index (χ1) is 8.02. The Morgan fingerprint density at radius 3 is 2.88 bits per heavy atom. The zero-order valence-electron chi connectivity index (χ0n) is 10.0. The molecule has 1 aromatic rings. The molecular formula is C11H17N3O3. The molecule has 0 aliphatic rings. The second-order valence-electron chi connectivity index (χ2n) is 3.89. The van der Waals surface area contributed by atoms with Crippen molar-refractivity contribution in [3.8, 4) is 5.88 Å². The fourth-order valence-corrected chi connectivity index (χ4v) is 1.31. The fraction of sp³-hybridized carbons (Fsp3) is 0.455. The number of anilines is 1. The third kappa shape index (κ3) is 3.92. The molecule has 6 nitrogen and oxygen atoms in total. The lowest BCUT2D eigenvalue weighted by Crippen LogP contribution is -2.16. The van der Waals surface area contributed by atoms with Crippen molar-refractivity contribution in [1.29, 1.82) is 0 Å². The minimum Gasteiger partial charge on any atom is -0.478 e. The molecule has 1 aromatic heterocycles. The van der Waals surface area contributed by atoms with Crippen LogP contribution in [0.5, 0.6) is 5.88 Å². The van der Waals surface area contributed by atoms with Crippen molar-refractivity contribution in [2.24, 2.45) is 0 Å². The Morgan fingerprint density at radius 1 is 1.59 bits per heavy atom. The molecule has 0 unspecified atom stereocenters. The predicted molar refractivity (Wildman–Crippen MR) is 64.3 cm³/mol. The number of aromatic nitrogens is 1. The molecule has 94 valence electrons. The minimum absolute atomic E-state index is 0.0163. The molecule has 0 bridgehead atoms. The number of pyridine rings is 1. The number of carbonyl (C=O) groups is 1. The van der Waals surface area contributed by atoms with Crippen LogP contribution in [0.2, 0.25) is 0 Å². The predicted octanol–water partition coefficient (Wildman–Crippen LogP) is 0.692. The Morgan fingerprint density at radius 2 is 2.29 bits per heavy atom. The van der Waals surface area contributed by atoms with Crippen LogP contribution in [0.3, 0.4) is 0 Å². The SMILES string of the molecule is CN(C)CCCOc1nccc(C(=O)O)c1N. The summed E-state index contributed by atoms with van der Waals surface area (Å²) in [6.07, 6.45) is 2.20. The molecule has 1 heterocycles. The molecule has 0 radical (unpaired) electrons. The highest BCUT2D eigenvalue weighted by Gasteiger charge is 2.12. The lowest BCUT2D eigenvalue weighted by Gasteiger charge is -2.11. The van der Waals surface area contributed by atoms with Gasteiger partial charge in [0, 0.05) is 12.7 Å².